The van der Waals surface area contributed by atoms with E-state index in [1.54, 1.807) is 6.08 Å². The minimum atomic E-state index is -1.30. The van der Waals surface area contributed by atoms with E-state index in [0.29, 0.717) is 0 Å². The average molecular weight is 269 g/mol. The van der Waals surface area contributed by atoms with E-state index in [9.17, 15) is 9.90 Å². The first-order chi connectivity index (χ1) is 6.89. The van der Waals surface area contributed by atoms with Crippen LogP contribution in [0, 0.1) is 0 Å². The molecule has 1 rings (SSSR count). The van der Waals surface area contributed by atoms with Crippen molar-refractivity contribution in [1.29, 1.82) is 0 Å². The summed E-state index contributed by atoms with van der Waals surface area (Å²) in [5.74, 6) is -0.301. The molecule has 0 saturated heterocycles. The van der Waals surface area contributed by atoms with Gasteiger partial charge in [0.05, 0.1) is 0 Å². The predicted molar refractivity (Wildman–Crippen MR) is 64.5 cm³/mol. The second-order valence-electron chi connectivity index (χ2n) is 3.81. The van der Waals surface area contributed by atoms with Crippen molar-refractivity contribution in [2.75, 3.05) is 0 Å². The molecule has 15 heavy (non-hydrogen) atoms. The molecule has 80 valence electrons. The van der Waals surface area contributed by atoms with Gasteiger partial charge in [0.15, 0.2) is 5.78 Å². The van der Waals surface area contributed by atoms with Gasteiger partial charge in [-0.05, 0) is 37.6 Å². The van der Waals surface area contributed by atoms with E-state index < -0.39 is 5.60 Å². The van der Waals surface area contributed by atoms with E-state index in [1.807, 2.05) is 24.3 Å². The van der Waals surface area contributed by atoms with Crippen molar-refractivity contribution in [2.24, 2.45) is 0 Å². The third-order valence-corrected chi connectivity index (χ3v) is 2.43. The Morgan fingerprint density at radius 2 is 1.87 bits per heavy atom. The maximum atomic E-state index is 11.4. The second-order valence-corrected chi connectivity index (χ2v) is 4.72. The van der Waals surface area contributed by atoms with Gasteiger partial charge in [-0.15, -0.1) is 0 Å². The number of halogens is 1. The van der Waals surface area contributed by atoms with Crippen LogP contribution in [0.2, 0.25) is 0 Å². The number of hydrogen-bond donors (Lipinski definition) is 1. The molecule has 0 heterocycles. The molecule has 0 saturated carbocycles. The molecule has 0 amide bonds. The summed E-state index contributed by atoms with van der Waals surface area (Å²) < 4.78 is 0.994. The standard InChI is InChI=1S/C12H13BrO2/c1-12(2,15)11(14)8-5-9-3-6-10(13)7-4-9/h3-8,15H,1-2H3/b8-5+. The van der Waals surface area contributed by atoms with Crippen LogP contribution >= 0.6 is 15.9 Å². The highest BCUT2D eigenvalue weighted by Gasteiger charge is 2.20. The maximum absolute atomic E-state index is 11.4. The number of carbonyl (C=O) groups excluding carboxylic acids is 1. The number of carbonyl (C=O) groups is 1. The van der Waals surface area contributed by atoms with Crippen molar-refractivity contribution in [3.05, 3.63) is 40.4 Å². The van der Waals surface area contributed by atoms with E-state index in [-0.39, 0.29) is 5.78 Å². The summed E-state index contributed by atoms with van der Waals surface area (Å²) in [4.78, 5) is 11.4. The van der Waals surface area contributed by atoms with Gasteiger partial charge in [0.2, 0.25) is 0 Å². The Labute approximate surface area is 97.8 Å². The van der Waals surface area contributed by atoms with Crippen LogP contribution in [0.5, 0.6) is 0 Å². The summed E-state index contributed by atoms with van der Waals surface area (Å²) in [6.45, 7) is 2.95. The van der Waals surface area contributed by atoms with Gasteiger partial charge in [-0.3, -0.25) is 4.79 Å². The molecule has 0 bridgehead atoms. The van der Waals surface area contributed by atoms with Gasteiger partial charge < -0.3 is 5.11 Å². The monoisotopic (exact) mass is 268 g/mol. The Balaban J connectivity index is 2.74. The summed E-state index contributed by atoms with van der Waals surface area (Å²) in [5.41, 5.74) is -0.373. The van der Waals surface area contributed by atoms with Crippen molar-refractivity contribution in [2.45, 2.75) is 19.4 Å². The van der Waals surface area contributed by atoms with E-state index in [2.05, 4.69) is 15.9 Å². The van der Waals surface area contributed by atoms with Crippen LogP contribution in [0.25, 0.3) is 6.08 Å². The third kappa shape index (κ3) is 3.98. The minimum absolute atomic E-state index is 0.301. The zero-order valence-corrected chi connectivity index (χ0v) is 10.3. The molecule has 0 fully saturated rings. The van der Waals surface area contributed by atoms with Crippen LogP contribution < -0.4 is 0 Å². The highest BCUT2D eigenvalue weighted by atomic mass is 79.9. The Bertz CT molecular complexity index is 372. The van der Waals surface area contributed by atoms with Crippen molar-refractivity contribution < 1.29 is 9.90 Å². The Morgan fingerprint density at radius 3 is 2.33 bits per heavy atom. The molecule has 1 aromatic carbocycles. The van der Waals surface area contributed by atoms with Gasteiger partial charge in [-0.25, -0.2) is 0 Å². The normalized spacial score (nSPS) is 12.0. The van der Waals surface area contributed by atoms with Crippen molar-refractivity contribution in [1.82, 2.24) is 0 Å². The van der Waals surface area contributed by atoms with Gasteiger partial charge in [0.25, 0.3) is 0 Å². The van der Waals surface area contributed by atoms with E-state index in [4.69, 9.17) is 0 Å². The largest absolute Gasteiger partial charge is 0.382 e. The fourth-order valence-corrected chi connectivity index (χ4v) is 1.21. The Hall–Kier alpha value is -0.930. The van der Waals surface area contributed by atoms with Gasteiger partial charge >= 0.3 is 0 Å². The number of hydrogen-bond acceptors (Lipinski definition) is 2. The SMILES string of the molecule is CC(C)(O)C(=O)/C=C/c1ccc(Br)cc1. The van der Waals surface area contributed by atoms with Gasteiger partial charge in [-0.2, -0.15) is 0 Å². The molecule has 0 aromatic heterocycles. The highest BCUT2D eigenvalue weighted by Crippen LogP contribution is 2.12. The summed E-state index contributed by atoms with van der Waals surface area (Å²) in [5, 5.41) is 9.40. The molecule has 0 unspecified atom stereocenters. The molecule has 0 spiro atoms. The molecule has 0 aliphatic heterocycles. The van der Waals surface area contributed by atoms with Crippen molar-refractivity contribution in [3.63, 3.8) is 0 Å². The Morgan fingerprint density at radius 1 is 1.33 bits per heavy atom. The molecular weight excluding hydrogens is 256 g/mol. The molecule has 2 nitrogen and oxygen atoms in total. The molecule has 0 aliphatic rings. The minimum Gasteiger partial charge on any atom is -0.382 e. The van der Waals surface area contributed by atoms with Crippen LogP contribution in [-0.2, 0) is 4.79 Å². The van der Waals surface area contributed by atoms with Crippen LogP contribution in [0.1, 0.15) is 19.4 Å². The average Bonchev–Trinajstić information content (AvgIpc) is 2.15. The van der Waals surface area contributed by atoms with Gasteiger partial charge in [0.1, 0.15) is 5.60 Å². The lowest BCUT2D eigenvalue weighted by molar-refractivity contribution is -0.128. The zero-order chi connectivity index (χ0) is 11.5. The molecule has 0 aliphatic carbocycles. The molecular formula is C12H13BrO2. The van der Waals surface area contributed by atoms with E-state index in [0.717, 1.165) is 10.0 Å². The zero-order valence-electron chi connectivity index (χ0n) is 8.70. The lowest BCUT2D eigenvalue weighted by atomic mass is 10.0. The van der Waals surface area contributed by atoms with Crippen LogP contribution in [0.3, 0.4) is 0 Å². The smallest absolute Gasteiger partial charge is 0.186 e. The Kier molecular flexibility index (Phi) is 3.83. The van der Waals surface area contributed by atoms with Crippen LogP contribution in [0.4, 0.5) is 0 Å². The van der Waals surface area contributed by atoms with Gasteiger partial charge in [-0.1, -0.05) is 34.1 Å². The molecule has 0 atom stereocenters. The fraction of sp³-hybridized carbons (Fsp3) is 0.250. The van der Waals surface area contributed by atoms with Crippen LogP contribution in [-0.4, -0.2) is 16.5 Å². The first kappa shape index (κ1) is 12.1. The molecule has 1 aromatic rings. The predicted octanol–water partition coefficient (Wildman–Crippen LogP) is 2.80. The highest BCUT2D eigenvalue weighted by molar-refractivity contribution is 9.10. The summed E-state index contributed by atoms with van der Waals surface area (Å²) in [6.07, 6.45) is 3.08. The molecule has 1 N–H and O–H groups in total. The fourth-order valence-electron chi connectivity index (χ4n) is 0.950. The lowest BCUT2D eigenvalue weighted by Gasteiger charge is -2.11. The van der Waals surface area contributed by atoms with E-state index in [1.165, 1.54) is 19.9 Å². The topological polar surface area (TPSA) is 37.3 Å². The second kappa shape index (κ2) is 4.73. The summed E-state index contributed by atoms with van der Waals surface area (Å²) >= 11 is 3.33. The number of aliphatic hydroxyl groups is 1. The first-order valence-corrected chi connectivity index (χ1v) is 5.39. The van der Waals surface area contributed by atoms with E-state index >= 15 is 0 Å². The number of rotatable bonds is 3. The van der Waals surface area contributed by atoms with Crippen LogP contribution in [0.15, 0.2) is 34.8 Å². The quantitative estimate of drug-likeness (QED) is 0.857. The number of ketones is 1. The summed E-state index contributed by atoms with van der Waals surface area (Å²) in [7, 11) is 0. The molecule has 3 heteroatoms. The first-order valence-electron chi connectivity index (χ1n) is 4.60. The summed E-state index contributed by atoms with van der Waals surface area (Å²) in [6, 6.07) is 7.57. The lowest BCUT2D eigenvalue weighted by Crippen LogP contribution is -2.29. The maximum Gasteiger partial charge on any atom is 0.186 e. The van der Waals surface area contributed by atoms with Crippen molar-refractivity contribution >= 4 is 27.8 Å². The third-order valence-electron chi connectivity index (χ3n) is 1.90. The van der Waals surface area contributed by atoms with Crippen molar-refractivity contribution in [3.8, 4) is 0 Å². The van der Waals surface area contributed by atoms with Gasteiger partial charge in [0, 0.05) is 4.47 Å². The number of benzene rings is 1. The molecule has 0 radical (unpaired) electrons.